The second-order valence-electron chi connectivity index (χ2n) is 4.13. The monoisotopic (exact) mass is 182 g/mol. The lowest BCUT2D eigenvalue weighted by atomic mass is 9.94. The van der Waals surface area contributed by atoms with Crippen molar-refractivity contribution in [2.24, 2.45) is 5.41 Å². The maximum atomic E-state index is 11.5. The van der Waals surface area contributed by atoms with E-state index in [1.165, 1.54) is 0 Å². The van der Waals surface area contributed by atoms with Crippen molar-refractivity contribution < 1.29 is 9.90 Å². The Morgan fingerprint density at radius 2 is 2.23 bits per heavy atom. The summed E-state index contributed by atoms with van der Waals surface area (Å²) in [6, 6.07) is 1.92. The number of hydrogen-bond donors (Lipinski definition) is 2. The van der Waals surface area contributed by atoms with Crippen LogP contribution >= 0.6 is 0 Å². The van der Waals surface area contributed by atoms with E-state index in [9.17, 15) is 4.79 Å². The molecule has 0 aliphatic heterocycles. The maximum absolute atomic E-state index is 11.5. The molecule has 0 spiro atoms. The highest BCUT2D eigenvalue weighted by molar-refractivity contribution is 5.85. The van der Waals surface area contributed by atoms with Crippen LogP contribution in [0.25, 0.3) is 0 Å². The molecule has 1 amide bonds. The van der Waals surface area contributed by atoms with Gasteiger partial charge in [0.15, 0.2) is 0 Å². The highest BCUT2D eigenvalue weighted by atomic mass is 16.3. The van der Waals surface area contributed by atoms with Gasteiger partial charge in [0, 0.05) is 0 Å². The molecule has 0 aromatic heterocycles. The molecule has 1 saturated carbocycles. The van der Waals surface area contributed by atoms with Crippen molar-refractivity contribution in [3.63, 3.8) is 0 Å². The molecule has 0 aromatic rings. The standard InChI is InChI=1S/C9H14N2O2/c1-8(2,5-10)7(13)11-9(6-12)3-4-9/h12H,3-4,6H2,1-2H3,(H,11,13). The first-order chi connectivity index (χ1) is 5.96. The summed E-state index contributed by atoms with van der Waals surface area (Å²) in [5, 5.41) is 20.3. The van der Waals surface area contributed by atoms with E-state index in [4.69, 9.17) is 10.4 Å². The number of aliphatic hydroxyl groups is 1. The third kappa shape index (κ3) is 1.99. The second kappa shape index (κ2) is 3.00. The summed E-state index contributed by atoms with van der Waals surface area (Å²) in [6.45, 7) is 3.09. The fourth-order valence-corrected chi connectivity index (χ4v) is 0.921. The van der Waals surface area contributed by atoms with Gasteiger partial charge in [-0.25, -0.2) is 0 Å². The molecule has 13 heavy (non-hydrogen) atoms. The van der Waals surface area contributed by atoms with Gasteiger partial charge in [0.2, 0.25) is 5.91 Å². The summed E-state index contributed by atoms with van der Waals surface area (Å²) >= 11 is 0. The summed E-state index contributed by atoms with van der Waals surface area (Å²) in [7, 11) is 0. The van der Waals surface area contributed by atoms with Gasteiger partial charge in [-0.2, -0.15) is 5.26 Å². The van der Waals surface area contributed by atoms with Crippen LogP contribution in [0, 0.1) is 16.7 Å². The Kier molecular flexibility index (Phi) is 2.31. The predicted molar refractivity (Wildman–Crippen MR) is 46.6 cm³/mol. The molecule has 0 unspecified atom stereocenters. The molecule has 4 heteroatoms. The molecule has 1 fully saturated rings. The van der Waals surface area contributed by atoms with Gasteiger partial charge in [-0.3, -0.25) is 4.79 Å². The number of rotatable bonds is 3. The Hall–Kier alpha value is -1.08. The van der Waals surface area contributed by atoms with Gasteiger partial charge in [0.05, 0.1) is 18.2 Å². The normalized spacial score (nSPS) is 18.9. The van der Waals surface area contributed by atoms with Crippen molar-refractivity contribution in [2.45, 2.75) is 32.2 Å². The first-order valence-electron chi connectivity index (χ1n) is 4.30. The lowest BCUT2D eigenvalue weighted by Crippen LogP contribution is -2.45. The van der Waals surface area contributed by atoms with Gasteiger partial charge in [0.1, 0.15) is 5.41 Å². The molecule has 0 saturated heterocycles. The number of nitrogens with zero attached hydrogens (tertiary/aromatic N) is 1. The summed E-state index contributed by atoms with van der Waals surface area (Å²) in [5.74, 6) is -0.304. The van der Waals surface area contributed by atoms with E-state index in [2.05, 4.69) is 5.32 Å². The lowest BCUT2D eigenvalue weighted by molar-refractivity contribution is -0.128. The third-order valence-corrected chi connectivity index (χ3v) is 2.38. The van der Waals surface area contributed by atoms with Crippen LogP contribution in [0.4, 0.5) is 0 Å². The molecule has 1 aliphatic carbocycles. The van der Waals surface area contributed by atoms with Crippen molar-refractivity contribution in [2.75, 3.05) is 6.61 Å². The first-order valence-corrected chi connectivity index (χ1v) is 4.30. The van der Waals surface area contributed by atoms with Crippen molar-refractivity contribution >= 4 is 5.91 Å². The number of aliphatic hydroxyl groups excluding tert-OH is 1. The zero-order chi connectivity index (χ0) is 10.1. The van der Waals surface area contributed by atoms with Crippen molar-refractivity contribution in [1.29, 1.82) is 5.26 Å². The lowest BCUT2D eigenvalue weighted by Gasteiger charge is -2.20. The van der Waals surface area contributed by atoms with Crippen molar-refractivity contribution in [1.82, 2.24) is 5.32 Å². The molecular weight excluding hydrogens is 168 g/mol. The van der Waals surface area contributed by atoms with Gasteiger partial charge < -0.3 is 10.4 Å². The smallest absolute Gasteiger partial charge is 0.240 e. The zero-order valence-electron chi connectivity index (χ0n) is 7.92. The van der Waals surface area contributed by atoms with Crippen LogP contribution in [0.2, 0.25) is 0 Å². The summed E-state index contributed by atoms with van der Waals surface area (Å²) in [6.07, 6.45) is 1.60. The van der Waals surface area contributed by atoms with Gasteiger partial charge >= 0.3 is 0 Å². The van der Waals surface area contributed by atoms with Crippen LogP contribution in [0.1, 0.15) is 26.7 Å². The fourth-order valence-electron chi connectivity index (χ4n) is 0.921. The molecule has 0 radical (unpaired) electrons. The number of carbonyl (C=O) groups is 1. The molecular formula is C9H14N2O2. The Labute approximate surface area is 77.6 Å². The Morgan fingerprint density at radius 3 is 2.54 bits per heavy atom. The highest BCUT2D eigenvalue weighted by Gasteiger charge is 2.45. The summed E-state index contributed by atoms with van der Waals surface area (Å²) in [5.41, 5.74) is -1.43. The third-order valence-electron chi connectivity index (χ3n) is 2.38. The maximum Gasteiger partial charge on any atom is 0.240 e. The average molecular weight is 182 g/mol. The van der Waals surface area contributed by atoms with Gasteiger partial charge in [-0.15, -0.1) is 0 Å². The van der Waals surface area contributed by atoms with Gasteiger partial charge in [-0.05, 0) is 26.7 Å². The minimum Gasteiger partial charge on any atom is -0.394 e. The van der Waals surface area contributed by atoms with Crippen molar-refractivity contribution in [3.8, 4) is 6.07 Å². The van der Waals surface area contributed by atoms with Crippen LogP contribution in [0.3, 0.4) is 0 Å². The van der Waals surface area contributed by atoms with E-state index < -0.39 is 11.0 Å². The van der Waals surface area contributed by atoms with E-state index in [0.717, 1.165) is 12.8 Å². The number of hydrogen-bond acceptors (Lipinski definition) is 3. The van der Waals surface area contributed by atoms with E-state index >= 15 is 0 Å². The largest absolute Gasteiger partial charge is 0.394 e. The molecule has 2 N–H and O–H groups in total. The summed E-state index contributed by atoms with van der Waals surface area (Å²) < 4.78 is 0. The van der Waals surface area contributed by atoms with E-state index in [1.54, 1.807) is 13.8 Å². The molecule has 0 aromatic carbocycles. The van der Waals surface area contributed by atoms with Crippen LogP contribution in [-0.2, 0) is 4.79 Å². The summed E-state index contributed by atoms with van der Waals surface area (Å²) in [4.78, 5) is 11.5. The zero-order valence-corrected chi connectivity index (χ0v) is 7.92. The predicted octanol–water partition coefficient (Wildman–Crippen LogP) is 0.177. The molecule has 1 aliphatic rings. The molecule has 0 heterocycles. The first kappa shape index (κ1) is 10.0. The van der Waals surface area contributed by atoms with Crippen molar-refractivity contribution in [3.05, 3.63) is 0 Å². The van der Waals surface area contributed by atoms with Crippen LogP contribution in [0.5, 0.6) is 0 Å². The Bertz CT molecular complexity index is 261. The topological polar surface area (TPSA) is 73.1 Å². The van der Waals surface area contributed by atoms with Crippen LogP contribution < -0.4 is 5.32 Å². The molecule has 72 valence electrons. The van der Waals surface area contributed by atoms with Crippen LogP contribution in [0.15, 0.2) is 0 Å². The number of nitrogens with one attached hydrogen (secondary N) is 1. The Balaban J connectivity index is 2.57. The SMILES string of the molecule is CC(C)(C#N)C(=O)NC1(CO)CC1. The molecule has 0 atom stereocenters. The molecule has 0 bridgehead atoms. The minimum atomic E-state index is -1.01. The highest BCUT2D eigenvalue weighted by Crippen LogP contribution is 2.35. The van der Waals surface area contributed by atoms with Gasteiger partial charge in [-0.1, -0.05) is 0 Å². The number of amides is 1. The van der Waals surface area contributed by atoms with E-state index in [-0.39, 0.29) is 12.5 Å². The fraction of sp³-hybridized carbons (Fsp3) is 0.778. The van der Waals surface area contributed by atoms with Gasteiger partial charge in [0.25, 0.3) is 0 Å². The van der Waals surface area contributed by atoms with E-state index in [0.29, 0.717) is 0 Å². The quantitative estimate of drug-likeness (QED) is 0.653. The second-order valence-corrected chi connectivity index (χ2v) is 4.13. The van der Waals surface area contributed by atoms with Crippen LogP contribution in [-0.4, -0.2) is 23.2 Å². The number of nitriles is 1. The molecule has 4 nitrogen and oxygen atoms in total. The Morgan fingerprint density at radius 1 is 1.69 bits per heavy atom. The van der Waals surface area contributed by atoms with E-state index in [1.807, 2.05) is 6.07 Å². The minimum absolute atomic E-state index is 0.0414. The molecule has 1 rings (SSSR count). The average Bonchev–Trinajstić information content (AvgIpc) is 2.85. The number of carbonyl (C=O) groups excluding carboxylic acids is 1.